The molecule has 1 amide bonds. The highest BCUT2D eigenvalue weighted by Gasteiger charge is 2.20. The first-order valence-corrected chi connectivity index (χ1v) is 7.72. The van der Waals surface area contributed by atoms with Gasteiger partial charge in [-0.15, -0.1) is 10.2 Å². The summed E-state index contributed by atoms with van der Waals surface area (Å²) >= 11 is 0. The maximum Gasteiger partial charge on any atom is 0.257 e. The zero-order valence-corrected chi connectivity index (χ0v) is 14.3. The molecule has 128 valence electrons. The van der Waals surface area contributed by atoms with Crippen LogP contribution in [0.3, 0.4) is 0 Å². The lowest BCUT2D eigenvalue weighted by Crippen LogP contribution is -2.27. The van der Waals surface area contributed by atoms with Crippen molar-refractivity contribution in [3.8, 4) is 17.2 Å². The number of hydrogen-bond acceptors (Lipinski definition) is 6. The number of benzene rings is 1. The van der Waals surface area contributed by atoms with E-state index in [-0.39, 0.29) is 12.5 Å². The number of pyridine rings is 1. The second-order valence-corrected chi connectivity index (χ2v) is 5.55. The fourth-order valence-electron chi connectivity index (χ4n) is 2.37. The molecule has 0 aliphatic heterocycles. The topological polar surface area (TPSA) is 81.4 Å². The first-order valence-electron chi connectivity index (χ1n) is 7.72. The molecular weight excluding hydrogens is 320 g/mol. The van der Waals surface area contributed by atoms with Gasteiger partial charge in [-0.05, 0) is 25.1 Å². The summed E-state index contributed by atoms with van der Waals surface area (Å²) in [5.41, 5.74) is 2.02. The second kappa shape index (κ2) is 7.12. The Hall–Kier alpha value is -3.22. The van der Waals surface area contributed by atoms with E-state index in [1.807, 2.05) is 37.3 Å². The van der Waals surface area contributed by atoms with Gasteiger partial charge in [-0.2, -0.15) is 0 Å². The van der Waals surface area contributed by atoms with Crippen molar-refractivity contribution in [2.45, 2.75) is 13.5 Å². The van der Waals surface area contributed by atoms with Crippen molar-refractivity contribution in [2.24, 2.45) is 0 Å². The predicted molar refractivity (Wildman–Crippen MR) is 91.1 cm³/mol. The normalized spacial score (nSPS) is 10.5. The van der Waals surface area contributed by atoms with Crippen molar-refractivity contribution in [1.82, 2.24) is 20.1 Å². The fourth-order valence-corrected chi connectivity index (χ4v) is 2.37. The van der Waals surface area contributed by atoms with E-state index in [1.54, 1.807) is 13.1 Å². The van der Waals surface area contributed by atoms with E-state index in [4.69, 9.17) is 9.15 Å². The number of nitrogens with zero attached hydrogens (tertiary/aromatic N) is 4. The van der Waals surface area contributed by atoms with Gasteiger partial charge in [-0.3, -0.25) is 9.78 Å². The lowest BCUT2D eigenvalue weighted by molar-refractivity contribution is 0.0769. The third kappa shape index (κ3) is 3.65. The summed E-state index contributed by atoms with van der Waals surface area (Å²) in [4.78, 5) is 18.3. The predicted octanol–water partition coefficient (Wildman–Crippen LogP) is 2.72. The van der Waals surface area contributed by atoms with E-state index in [0.717, 1.165) is 11.3 Å². The summed E-state index contributed by atoms with van der Waals surface area (Å²) < 4.78 is 10.9. The lowest BCUT2D eigenvalue weighted by Gasteiger charge is -2.16. The van der Waals surface area contributed by atoms with Crippen molar-refractivity contribution in [3.63, 3.8) is 0 Å². The number of amides is 1. The van der Waals surface area contributed by atoms with Crippen LogP contribution in [0, 0.1) is 6.92 Å². The van der Waals surface area contributed by atoms with Gasteiger partial charge in [0, 0.05) is 18.3 Å². The van der Waals surface area contributed by atoms with Crippen LogP contribution in [-0.2, 0) is 6.54 Å². The van der Waals surface area contributed by atoms with Crippen LogP contribution in [-0.4, -0.2) is 40.1 Å². The number of hydrogen-bond donors (Lipinski definition) is 0. The minimum Gasteiger partial charge on any atom is -0.494 e. The quantitative estimate of drug-likeness (QED) is 0.711. The molecule has 0 bridgehead atoms. The summed E-state index contributed by atoms with van der Waals surface area (Å²) in [7, 11) is 3.18. The van der Waals surface area contributed by atoms with Gasteiger partial charge in [-0.25, -0.2) is 0 Å². The third-order valence-electron chi connectivity index (χ3n) is 3.66. The van der Waals surface area contributed by atoms with Gasteiger partial charge in [0.25, 0.3) is 5.91 Å². The largest absolute Gasteiger partial charge is 0.494 e. The maximum atomic E-state index is 12.7. The third-order valence-corrected chi connectivity index (χ3v) is 3.66. The number of aromatic nitrogens is 3. The van der Waals surface area contributed by atoms with Crippen molar-refractivity contribution in [3.05, 3.63) is 59.7 Å². The smallest absolute Gasteiger partial charge is 0.257 e. The minimum atomic E-state index is -0.207. The van der Waals surface area contributed by atoms with Gasteiger partial charge in [0.05, 0.1) is 25.4 Å². The Morgan fingerprint density at radius 2 is 2.00 bits per heavy atom. The molecule has 25 heavy (non-hydrogen) atoms. The first kappa shape index (κ1) is 16.6. The van der Waals surface area contributed by atoms with Crippen molar-refractivity contribution in [2.75, 3.05) is 14.2 Å². The van der Waals surface area contributed by atoms with E-state index in [1.165, 1.54) is 18.2 Å². The molecule has 0 unspecified atom stereocenters. The van der Waals surface area contributed by atoms with Crippen LogP contribution < -0.4 is 4.74 Å². The molecule has 0 spiro atoms. The second-order valence-electron chi connectivity index (χ2n) is 5.55. The summed E-state index contributed by atoms with van der Waals surface area (Å²) in [6, 6.07) is 11.2. The van der Waals surface area contributed by atoms with Crippen molar-refractivity contribution >= 4 is 5.91 Å². The SMILES string of the molecule is COc1cnc(C)cc1C(=O)N(C)Cc1nnc(-c2ccccc2)o1. The zero-order chi connectivity index (χ0) is 17.8. The number of carbonyl (C=O) groups excluding carboxylic acids is 1. The summed E-state index contributed by atoms with van der Waals surface area (Å²) in [5, 5.41) is 8.04. The molecule has 0 aliphatic carbocycles. The first-order chi connectivity index (χ1) is 12.1. The number of carbonyl (C=O) groups is 1. The van der Waals surface area contributed by atoms with Crippen LogP contribution >= 0.6 is 0 Å². The van der Waals surface area contributed by atoms with Crippen molar-refractivity contribution in [1.29, 1.82) is 0 Å². The Bertz CT molecular complexity index is 877. The minimum absolute atomic E-state index is 0.198. The molecule has 7 nitrogen and oxygen atoms in total. The Labute approximate surface area is 145 Å². The molecule has 1 aromatic carbocycles. The standard InChI is InChI=1S/C18H18N4O3/c1-12-9-14(15(24-3)10-19-12)18(23)22(2)11-16-20-21-17(25-16)13-7-5-4-6-8-13/h4-10H,11H2,1-3H3. The van der Waals surface area contributed by atoms with Gasteiger partial charge in [-0.1, -0.05) is 18.2 Å². The molecule has 0 radical (unpaired) electrons. The monoisotopic (exact) mass is 338 g/mol. The van der Waals surface area contributed by atoms with Crippen LogP contribution in [0.4, 0.5) is 0 Å². The Kier molecular flexibility index (Phi) is 4.74. The zero-order valence-electron chi connectivity index (χ0n) is 14.3. The van der Waals surface area contributed by atoms with E-state index >= 15 is 0 Å². The van der Waals surface area contributed by atoms with Gasteiger partial charge in [0.1, 0.15) is 5.75 Å². The number of aryl methyl sites for hydroxylation is 1. The molecule has 0 saturated heterocycles. The average molecular weight is 338 g/mol. The summed E-state index contributed by atoms with van der Waals surface area (Å²) in [6.07, 6.45) is 1.54. The molecule has 3 aromatic rings. The summed E-state index contributed by atoms with van der Waals surface area (Å²) in [5.74, 6) is 1.01. The van der Waals surface area contributed by atoms with Gasteiger partial charge >= 0.3 is 0 Å². The lowest BCUT2D eigenvalue weighted by atomic mass is 10.2. The Morgan fingerprint density at radius 3 is 2.72 bits per heavy atom. The highest BCUT2D eigenvalue weighted by Crippen LogP contribution is 2.21. The summed E-state index contributed by atoms with van der Waals surface area (Å²) in [6.45, 7) is 2.02. The highest BCUT2D eigenvalue weighted by molar-refractivity contribution is 5.96. The van der Waals surface area contributed by atoms with E-state index in [0.29, 0.717) is 23.1 Å². The Balaban J connectivity index is 1.76. The Morgan fingerprint density at radius 1 is 1.24 bits per heavy atom. The van der Waals surface area contributed by atoms with E-state index in [9.17, 15) is 4.79 Å². The molecule has 0 saturated carbocycles. The van der Waals surface area contributed by atoms with E-state index in [2.05, 4.69) is 15.2 Å². The van der Waals surface area contributed by atoms with E-state index < -0.39 is 0 Å². The van der Waals surface area contributed by atoms with Crippen LogP contribution in [0.2, 0.25) is 0 Å². The molecule has 2 aromatic heterocycles. The molecule has 0 N–H and O–H groups in total. The van der Waals surface area contributed by atoms with Crippen molar-refractivity contribution < 1.29 is 13.9 Å². The number of ether oxygens (including phenoxy) is 1. The van der Waals surface area contributed by atoms with Crippen LogP contribution in [0.25, 0.3) is 11.5 Å². The molecule has 0 fully saturated rings. The molecule has 3 rings (SSSR count). The fraction of sp³-hybridized carbons (Fsp3) is 0.222. The van der Waals surface area contributed by atoms with Crippen LogP contribution in [0.1, 0.15) is 21.9 Å². The van der Waals surface area contributed by atoms with Gasteiger partial charge in [0.15, 0.2) is 0 Å². The number of methoxy groups -OCH3 is 1. The molecule has 7 heteroatoms. The van der Waals surface area contributed by atoms with Gasteiger partial charge < -0.3 is 14.1 Å². The molecular formula is C18H18N4O3. The number of rotatable bonds is 5. The molecule has 0 atom stereocenters. The maximum absolute atomic E-state index is 12.7. The molecule has 0 aliphatic rings. The molecule has 2 heterocycles. The van der Waals surface area contributed by atoms with Crippen LogP contribution in [0.15, 0.2) is 47.0 Å². The van der Waals surface area contributed by atoms with Crippen LogP contribution in [0.5, 0.6) is 5.75 Å². The highest BCUT2D eigenvalue weighted by atomic mass is 16.5. The van der Waals surface area contributed by atoms with Gasteiger partial charge in [0.2, 0.25) is 11.8 Å². The average Bonchev–Trinajstić information content (AvgIpc) is 3.10.